The van der Waals surface area contributed by atoms with Crippen LogP contribution < -0.4 is 10.4 Å². The van der Waals surface area contributed by atoms with Gasteiger partial charge in [0.1, 0.15) is 29.6 Å². The molecule has 1 aromatic carbocycles. The minimum Gasteiger partial charge on any atom is -0.489 e. The summed E-state index contributed by atoms with van der Waals surface area (Å²) in [6.45, 7) is 5.16. The van der Waals surface area contributed by atoms with Crippen molar-refractivity contribution in [1.82, 2.24) is 0 Å². The SMILES string of the molecule is CC(C)(O)[C@H]1CC[C@](C)(O)[C@H](COc2c3ccoc3cc3oc(=O)ccc23)O1. The molecule has 4 rings (SSSR count). The predicted molar refractivity (Wildman–Crippen MR) is 103 cm³/mol. The zero-order valence-electron chi connectivity index (χ0n) is 16.1. The lowest BCUT2D eigenvalue weighted by Crippen LogP contribution is -2.55. The standard InChI is InChI=1S/C21H24O7/c1-20(2,23)16-6-8-21(3,24)17(28-16)11-26-19-12-4-5-18(22)27-15(12)10-14-13(19)7-9-25-14/h4-5,7,9-10,16-17,23-24H,6,8,11H2,1-3H3/t16-,17+,21+/m1/s1. The van der Waals surface area contributed by atoms with Crippen LogP contribution in [0.25, 0.3) is 21.9 Å². The molecule has 0 spiro atoms. The normalized spacial score (nSPS) is 26.0. The van der Waals surface area contributed by atoms with Gasteiger partial charge in [0.05, 0.1) is 34.3 Å². The van der Waals surface area contributed by atoms with E-state index in [-0.39, 0.29) is 6.61 Å². The average Bonchev–Trinajstić information content (AvgIpc) is 3.06. The molecule has 7 heteroatoms. The van der Waals surface area contributed by atoms with Gasteiger partial charge in [0.2, 0.25) is 0 Å². The first-order valence-electron chi connectivity index (χ1n) is 9.32. The monoisotopic (exact) mass is 388 g/mol. The molecular formula is C21H24O7. The summed E-state index contributed by atoms with van der Waals surface area (Å²) in [5, 5.41) is 22.4. The van der Waals surface area contributed by atoms with Crippen LogP contribution in [0.15, 0.2) is 44.2 Å². The molecule has 3 atom stereocenters. The Bertz CT molecular complexity index is 1050. The number of aliphatic hydroxyl groups is 2. The van der Waals surface area contributed by atoms with Crippen LogP contribution in [0.2, 0.25) is 0 Å². The molecule has 3 aromatic rings. The van der Waals surface area contributed by atoms with E-state index in [1.165, 1.54) is 12.3 Å². The molecule has 1 aliphatic heterocycles. The highest BCUT2D eigenvalue weighted by molar-refractivity contribution is 6.01. The molecule has 28 heavy (non-hydrogen) atoms. The highest BCUT2D eigenvalue weighted by Crippen LogP contribution is 2.37. The Labute approximate surface area is 161 Å². The second-order valence-electron chi connectivity index (χ2n) is 8.18. The Morgan fingerprint density at radius 2 is 2.00 bits per heavy atom. The molecule has 3 heterocycles. The van der Waals surface area contributed by atoms with Crippen molar-refractivity contribution in [3.63, 3.8) is 0 Å². The summed E-state index contributed by atoms with van der Waals surface area (Å²) in [6.07, 6.45) is 1.54. The van der Waals surface area contributed by atoms with Gasteiger partial charge >= 0.3 is 5.63 Å². The predicted octanol–water partition coefficient (Wildman–Crippen LogP) is 2.99. The van der Waals surface area contributed by atoms with Crippen molar-refractivity contribution < 1.29 is 28.5 Å². The van der Waals surface area contributed by atoms with Crippen LogP contribution >= 0.6 is 0 Å². The van der Waals surface area contributed by atoms with Crippen LogP contribution in [0, 0.1) is 0 Å². The topological polar surface area (TPSA) is 102 Å². The second-order valence-corrected chi connectivity index (χ2v) is 8.18. The fraction of sp³-hybridized carbons (Fsp3) is 0.476. The van der Waals surface area contributed by atoms with E-state index in [9.17, 15) is 15.0 Å². The van der Waals surface area contributed by atoms with Gasteiger partial charge in [-0.25, -0.2) is 4.79 Å². The molecule has 0 saturated carbocycles. The Morgan fingerprint density at radius 1 is 1.25 bits per heavy atom. The zero-order valence-corrected chi connectivity index (χ0v) is 16.1. The fourth-order valence-electron chi connectivity index (χ4n) is 3.66. The maximum absolute atomic E-state index is 11.6. The van der Waals surface area contributed by atoms with E-state index in [4.69, 9.17) is 18.3 Å². The van der Waals surface area contributed by atoms with Crippen LogP contribution in [0.5, 0.6) is 5.75 Å². The van der Waals surface area contributed by atoms with Gasteiger partial charge in [-0.3, -0.25) is 0 Å². The van der Waals surface area contributed by atoms with E-state index in [1.54, 1.807) is 39.0 Å². The third kappa shape index (κ3) is 3.41. The Kier molecular flexibility index (Phi) is 4.49. The van der Waals surface area contributed by atoms with Crippen LogP contribution in [-0.4, -0.2) is 40.2 Å². The van der Waals surface area contributed by atoms with Crippen molar-refractivity contribution in [2.75, 3.05) is 6.61 Å². The molecular weight excluding hydrogens is 364 g/mol. The van der Waals surface area contributed by atoms with E-state index < -0.39 is 29.0 Å². The zero-order chi connectivity index (χ0) is 20.1. The van der Waals surface area contributed by atoms with Crippen molar-refractivity contribution in [1.29, 1.82) is 0 Å². The number of hydrogen-bond donors (Lipinski definition) is 2. The lowest BCUT2D eigenvalue weighted by Gasteiger charge is -2.44. The van der Waals surface area contributed by atoms with Crippen LogP contribution in [0.3, 0.4) is 0 Å². The second kappa shape index (κ2) is 6.62. The molecule has 0 amide bonds. The smallest absolute Gasteiger partial charge is 0.336 e. The molecule has 0 radical (unpaired) electrons. The third-order valence-corrected chi connectivity index (χ3v) is 5.41. The number of furan rings is 1. The summed E-state index contributed by atoms with van der Waals surface area (Å²) in [5.74, 6) is 0.495. The van der Waals surface area contributed by atoms with Gasteiger partial charge in [-0.15, -0.1) is 0 Å². The van der Waals surface area contributed by atoms with Crippen molar-refractivity contribution in [3.05, 3.63) is 40.9 Å². The van der Waals surface area contributed by atoms with E-state index in [0.29, 0.717) is 35.1 Å². The first-order valence-corrected chi connectivity index (χ1v) is 9.32. The van der Waals surface area contributed by atoms with E-state index in [0.717, 1.165) is 5.39 Å². The maximum Gasteiger partial charge on any atom is 0.336 e. The Morgan fingerprint density at radius 3 is 2.75 bits per heavy atom. The van der Waals surface area contributed by atoms with Crippen molar-refractivity contribution >= 4 is 21.9 Å². The van der Waals surface area contributed by atoms with Gasteiger partial charge < -0.3 is 28.5 Å². The number of ether oxygens (including phenoxy) is 2. The lowest BCUT2D eigenvalue weighted by molar-refractivity contribution is -0.216. The van der Waals surface area contributed by atoms with Crippen molar-refractivity contribution in [2.45, 2.75) is 57.0 Å². The minimum atomic E-state index is -1.09. The minimum absolute atomic E-state index is 0.0676. The molecule has 0 bridgehead atoms. The summed E-state index contributed by atoms with van der Waals surface area (Å²) in [7, 11) is 0. The van der Waals surface area contributed by atoms with E-state index in [1.807, 2.05) is 0 Å². The molecule has 2 aromatic heterocycles. The summed E-state index contributed by atoms with van der Waals surface area (Å²) in [5.41, 5.74) is -1.68. The summed E-state index contributed by atoms with van der Waals surface area (Å²) in [4.78, 5) is 11.6. The summed E-state index contributed by atoms with van der Waals surface area (Å²) < 4.78 is 22.8. The first-order chi connectivity index (χ1) is 13.1. The quantitative estimate of drug-likeness (QED) is 0.663. The van der Waals surface area contributed by atoms with E-state index >= 15 is 0 Å². The highest BCUT2D eigenvalue weighted by Gasteiger charge is 2.44. The number of benzene rings is 1. The molecule has 150 valence electrons. The van der Waals surface area contributed by atoms with Gasteiger partial charge in [0, 0.05) is 12.1 Å². The van der Waals surface area contributed by atoms with Crippen LogP contribution in [0.1, 0.15) is 33.6 Å². The van der Waals surface area contributed by atoms with Gasteiger partial charge in [-0.05, 0) is 45.7 Å². The van der Waals surface area contributed by atoms with Gasteiger partial charge in [-0.2, -0.15) is 0 Å². The van der Waals surface area contributed by atoms with Crippen LogP contribution in [-0.2, 0) is 4.74 Å². The van der Waals surface area contributed by atoms with Gasteiger partial charge in [0.15, 0.2) is 0 Å². The van der Waals surface area contributed by atoms with Crippen molar-refractivity contribution in [2.24, 2.45) is 0 Å². The van der Waals surface area contributed by atoms with Crippen molar-refractivity contribution in [3.8, 4) is 5.75 Å². The highest BCUT2D eigenvalue weighted by atomic mass is 16.6. The number of rotatable bonds is 4. The maximum atomic E-state index is 11.6. The van der Waals surface area contributed by atoms with Crippen LogP contribution in [0.4, 0.5) is 0 Å². The Balaban J connectivity index is 1.67. The lowest BCUT2D eigenvalue weighted by atomic mass is 9.84. The molecule has 7 nitrogen and oxygen atoms in total. The molecule has 2 N–H and O–H groups in total. The molecule has 0 aliphatic carbocycles. The number of hydrogen-bond acceptors (Lipinski definition) is 7. The average molecular weight is 388 g/mol. The summed E-state index contributed by atoms with van der Waals surface area (Å²) >= 11 is 0. The number of fused-ring (bicyclic) bond motifs is 2. The fourth-order valence-corrected chi connectivity index (χ4v) is 3.66. The largest absolute Gasteiger partial charge is 0.489 e. The molecule has 0 unspecified atom stereocenters. The third-order valence-electron chi connectivity index (χ3n) is 5.41. The van der Waals surface area contributed by atoms with E-state index in [2.05, 4.69) is 0 Å². The molecule has 1 saturated heterocycles. The first kappa shape index (κ1) is 19.0. The molecule has 1 aliphatic rings. The molecule has 1 fully saturated rings. The van der Waals surface area contributed by atoms with Gasteiger partial charge in [-0.1, -0.05) is 0 Å². The Hall–Kier alpha value is -2.35. The van der Waals surface area contributed by atoms with Gasteiger partial charge in [0.25, 0.3) is 0 Å². The summed E-state index contributed by atoms with van der Waals surface area (Å²) in [6, 6.07) is 6.40.